The molecule has 0 aliphatic heterocycles. The van der Waals surface area contributed by atoms with E-state index < -0.39 is 0 Å². The van der Waals surface area contributed by atoms with Gasteiger partial charge in [0.15, 0.2) is 5.76 Å². The molecule has 4 heteroatoms. The van der Waals surface area contributed by atoms with Crippen molar-refractivity contribution in [2.24, 2.45) is 0 Å². The summed E-state index contributed by atoms with van der Waals surface area (Å²) in [5, 5.41) is 5.26. The normalized spacial score (nSPS) is 15.1. The Morgan fingerprint density at radius 3 is 2.90 bits per heavy atom. The van der Waals surface area contributed by atoms with E-state index in [1.807, 2.05) is 19.2 Å². The quantitative estimate of drug-likeness (QED) is 0.776. The van der Waals surface area contributed by atoms with Gasteiger partial charge in [0.1, 0.15) is 0 Å². The summed E-state index contributed by atoms with van der Waals surface area (Å²) in [6.07, 6.45) is 4.57. The second-order valence-electron chi connectivity index (χ2n) is 5.97. The van der Waals surface area contributed by atoms with Crippen molar-refractivity contribution in [3.63, 3.8) is 0 Å². The van der Waals surface area contributed by atoms with Crippen molar-refractivity contribution in [3.8, 4) is 0 Å². The summed E-state index contributed by atoms with van der Waals surface area (Å²) in [6.45, 7) is 3.77. The number of aryl methyl sites for hydroxylation is 1. The Bertz CT molecular complexity index is 754. The predicted molar refractivity (Wildman–Crippen MR) is 81.8 cm³/mol. The molecule has 1 aliphatic rings. The van der Waals surface area contributed by atoms with Crippen LogP contribution in [0.25, 0.3) is 10.9 Å². The van der Waals surface area contributed by atoms with Crippen LogP contribution in [0.5, 0.6) is 0 Å². The SMILES string of the molecule is Cc1cc(CN(Cc2ccc3[nH]ccc3c2)C2CC2)on1. The Balaban J connectivity index is 1.53. The highest BCUT2D eigenvalue weighted by Crippen LogP contribution is 2.30. The molecular formula is C17H19N3O. The molecule has 0 saturated heterocycles. The Morgan fingerprint density at radius 2 is 2.14 bits per heavy atom. The third kappa shape index (κ3) is 2.72. The van der Waals surface area contributed by atoms with Gasteiger partial charge in [0.25, 0.3) is 0 Å². The van der Waals surface area contributed by atoms with E-state index in [-0.39, 0.29) is 0 Å². The second kappa shape index (κ2) is 5.04. The molecule has 3 aromatic rings. The number of hydrogen-bond donors (Lipinski definition) is 1. The van der Waals surface area contributed by atoms with E-state index in [0.29, 0.717) is 6.04 Å². The molecule has 1 fully saturated rings. The first-order valence-electron chi connectivity index (χ1n) is 7.50. The summed E-state index contributed by atoms with van der Waals surface area (Å²) in [5.41, 5.74) is 3.50. The van der Waals surface area contributed by atoms with E-state index in [1.54, 1.807) is 0 Å². The first-order chi connectivity index (χ1) is 10.3. The molecule has 4 nitrogen and oxygen atoms in total. The third-order valence-corrected chi connectivity index (χ3v) is 4.10. The van der Waals surface area contributed by atoms with Crippen molar-refractivity contribution < 1.29 is 4.52 Å². The van der Waals surface area contributed by atoms with Crippen molar-refractivity contribution in [1.82, 2.24) is 15.0 Å². The molecule has 21 heavy (non-hydrogen) atoms. The van der Waals surface area contributed by atoms with Crippen LogP contribution in [0.2, 0.25) is 0 Å². The molecule has 2 aromatic heterocycles. The van der Waals surface area contributed by atoms with Crippen LogP contribution in [0.4, 0.5) is 0 Å². The molecule has 0 amide bonds. The van der Waals surface area contributed by atoms with Crippen LogP contribution in [-0.2, 0) is 13.1 Å². The molecule has 0 atom stereocenters. The average molecular weight is 281 g/mol. The largest absolute Gasteiger partial charge is 0.361 e. The summed E-state index contributed by atoms with van der Waals surface area (Å²) in [7, 11) is 0. The first-order valence-corrected chi connectivity index (χ1v) is 7.50. The molecule has 4 rings (SSSR count). The lowest BCUT2D eigenvalue weighted by Crippen LogP contribution is -2.24. The zero-order valence-electron chi connectivity index (χ0n) is 12.2. The standard InChI is InChI=1S/C17H19N3O/c1-12-8-16(21-19-12)11-20(15-3-4-15)10-13-2-5-17-14(9-13)6-7-18-17/h2,5-9,15,18H,3-4,10-11H2,1H3. The predicted octanol–water partition coefficient (Wildman–Crippen LogP) is 3.63. The fourth-order valence-corrected chi connectivity index (χ4v) is 2.88. The van der Waals surface area contributed by atoms with Gasteiger partial charge in [-0.15, -0.1) is 0 Å². The van der Waals surface area contributed by atoms with Gasteiger partial charge in [0.2, 0.25) is 0 Å². The molecule has 108 valence electrons. The maximum atomic E-state index is 5.37. The van der Waals surface area contributed by atoms with Gasteiger partial charge in [-0.25, -0.2) is 0 Å². The van der Waals surface area contributed by atoms with Crippen LogP contribution in [0.15, 0.2) is 41.1 Å². The van der Waals surface area contributed by atoms with Crippen LogP contribution >= 0.6 is 0 Å². The number of aromatic nitrogens is 2. The van der Waals surface area contributed by atoms with Gasteiger partial charge < -0.3 is 9.51 Å². The summed E-state index contributed by atoms with van der Waals surface area (Å²) >= 11 is 0. The smallest absolute Gasteiger partial charge is 0.150 e. The number of nitrogens with zero attached hydrogens (tertiary/aromatic N) is 2. The maximum Gasteiger partial charge on any atom is 0.150 e. The van der Waals surface area contributed by atoms with Crippen LogP contribution < -0.4 is 0 Å². The second-order valence-corrected chi connectivity index (χ2v) is 5.97. The molecule has 0 unspecified atom stereocenters. The third-order valence-electron chi connectivity index (χ3n) is 4.10. The number of rotatable bonds is 5. The highest BCUT2D eigenvalue weighted by Gasteiger charge is 2.29. The Morgan fingerprint density at radius 1 is 1.24 bits per heavy atom. The van der Waals surface area contributed by atoms with Crippen LogP contribution in [-0.4, -0.2) is 21.1 Å². The van der Waals surface area contributed by atoms with Gasteiger partial charge in [-0.2, -0.15) is 0 Å². The minimum atomic E-state index is 0.692. The van der Waals surface area contributed by atoms with Crippen molar-refractivity contribution in [2.45, 2.75) is 38.9 Å². The van der Waals surface area contributed by atoms with Gasteiger partial charge in [0, 0.05) is 30.4 Å². The number of benzene rings is 1. The summed E-state index contributed by atoms with van der Waals surface area (Å²) in [5.74, 6) is 0.960. The van der Waals surface area contributed by atoms with E-state index in [2.05, 4.69) is 39.3 Å². The fraction of sp³-hybridized carbons (Fsp3) is 0.353. The van der Waals surface area contributed by atoms with Crippen LogP contribution in [0, 0.1) is 6.92 Å². The van der Waals surface area contributed by atoms with Crippen molar-refractivity contribution >= 4 is 10.9 Å². The molecule has 0 spiro atoms. The van der Waals surface area contributed by atoms with Crippen molar-refractivity contribution in [3.05, 3.63) is 53.5 Å². The van der Waals surface area contributed by atoms with Gasteiger partial charge in [-0.3, -0.25) is 4.90 Å². The van der Waals surface area contributed by atoms with E-state index in [0.717, 1.165) is 24.5 Å². The highest BCUT2D eigenvalue weighted by molar-refractivity contribution is 5.79. The zero-order chi connectivity index (χ0) is 14.2. The minimum absolute atomic E-state index is 0.692. The first kappa shape index (κ1) is 12.7. The van der Waals surface area contributed by atoms with E-state index in [9.17, 15) is 0 Å². The summed E-state index contributed by atoms with van der Waals surface area (Å²) < 4.78 is 5.37. The van der Waals surface area contributed by atoms with E-state index in [4.69, 9.17) is 4.52 Å². The highest BCUT2D eigenvalue weighted by atomic mass is 16.5. The number of fused-ring (bicyclic) bond motifs is 1. The Hall–Kier alpha value is -2.07. The van der Waals surface area contributed by atoms with Crippen LogP contribution in [0.3, 0.4) is 0 Å². The molecule has 1 saturated carbocycles. The zero-order valence-corrected chi connectivity index (χ0v) is 12.2. The van der Waals surface area contributed by atoms with Gasteiger partial charge in [-0.1, -0.05) is 11.2 Å². The Kier molecular flexibility index (Phi) is 3.04. The fourth-order valence-electron chi connectivity index (χ4n) is 2.88. The van der Waals surface area contributed by atoms with Gasteiger partial charge in [0.05, 0.1) is 12.2 Å². The Labute approximate surface area is 123 Å². The van der Waals surface area contributed by atoms with Crippen LogP contribution in [0.1, 0.15) is 29.9 Å². The summed E-state index contributed by atoms with van der Waals surface area (Å²) in [6, 6.07) is 11.5. The molecule has 2 heterocycles. The summed E-state index contributed by atoms with van der Waals surface area (Å²) in [4.78, 5) is 5.73. The van der Waals surface area contributed by atoms with E-state index >= 15 is 0 Å². The van der Waals surface area contributed by atoms with Gasteiger partial charge in [-0.05, 0) is 48.9 Å². The van der Waals surface area contributed by atoms with Crippen molar-refractivity contribution in [1.29, 1.82) is 0 Å². The lowest BCUT2D eigenvalue weighted by atomic mass is 10.1. The molecule has 1 aliphatic carbocycles. The van der Waals surface area contributed by atoms with Crippen molar-refractivity contribution in [2.75, 3.05) is 0 Å². The maximum absolute atomic E-state index is 5.37. The lowest BCUT2D eigenvalue weighted by molar-refractivity contribution is 0.214. The molecule has 0 bridgehead atoms. The number of aromatic amines is 1. The topological polar surface area (TPSA) is 45.1 Å². The number of nitrogens with one attached hydrogen (secondary N) is 1. The minimum Gasteiger partial charge on any atom is -0.361 e. The molecular weight excluding hydrogens is 262 g/mol. The molecule has 0 radical (unpaired) electrons. The number of H-pyrrole nitrogens is 1. The monoisotopic (exact) mass is 281 g/mol. The number of hydrogen-bond acceptors (Lipinski definition) is 3. The average Bonchev–Trinajstić information content (AvgIpc) is 3.09. The van der Waals surface area contributed by atoms with Gasteiger partial charge >= 0.3 is 0 Å². The lowest BCUT2D eigenvalue weighted by Gasteiger charge is -2.20. The molecule has 1 N–H and O–H groups in total. The molecule has 1 aromatic carbocycles. The van der Waals surface area contributed by atoms with E-state index in [1.165, 1.54) is 29.3 Å².